The third-order valence-corrected chi connectivity index (χ3v) is 3.00. The van der Waals surface area contributed by atoms with Gasteiger partial charge in [0.15, 0.2) is 0 Å². The normalized spacial score (nSPS) is 10.2. The van der Waals surface area contributed by atoms with Crippen molar-refractivity contribution in [2.75, 3.05) is 7.11 Å². The Bertz CT molecular complexity index is 637. The Labute approximate surface area is 114 Å². The Balaban J connectivity index is 2.66. The van der Waals surface area contributed by atoms with Gasteiger partial charge in [-0.05, 0) is 23.8 Å². The lowest BCUT2D eigenvalue weighted by Crippen LogP contribution is -1.98. The van der Waals surface area contributed by atoms with Gasteiger partial charge in [0.1, 0.15) is 17.1 Å². The number of hydrogen-bond donors (Lipinski definition) is 2. The minimum absolute atomic E-state index is 0.0131. The molecule has 98 valence electrons. The monoisotopic (exact) mass is 278 g/mol. The van der Waals surface area contributed by atoms with E-state index in [1.54, 1.807) is 18.2 Å². The summed E-state index contributed by atoms with van der Waals surface area (Å²) in [4.78, 5) is 11.1. The van der Waals surface area contributed by atoms with E-state index < -0.39 is 11.7 Å². The number of carbonyl (C=O) groups is 1. The smallest absolute Gasteiger partial charge is 0.339 e. The summed E-state index contributed by atoms with van der Waals surface area (Å²) in [6.07, 6.45) is 0. The van der Waals surface area contributed by atoms with Crippen LogP contribution in [0.15, 0.2) is 36.4 Å². The molecule has 0 atom stereocenters. The molecule has 0 aliphatic rings. The number of halogens is 1. The predicted octanol–water partition coefficient (Wildman–Crippen LogP) is 3.42. The third kappa shape index (κ3) is 2.48. The fourth-order valence-electron chi connectivity index (χ4n) is 1.80. The van der Waals surface area contributed by atoms with Crippen molar-refractivity contribution in [2.24, 2.45) is 0 Å². The molecule has 5 heteroatoms. The lowest BCUT2D eigenvalue weighted by Gasteiger charge is -2.10. The first-order valence-electron chi connectivity index (χ1n) is 5.43. The maximum Gasteiger partial charge on any atom is 0.339 e. The first-order valence-corrected chi connectivity index (χ1v) is 5.81. The number of aromatic hydroxyl groups is 1. The summed E-state index contributed by atoms with van der Waals surface area (Å²) in [7, 11) is 1.53. The zero-order chi connectivity index (χ0) is 14.0. The van der Waals surface area contributed by atoms with Crippen LogP contribution in [0.2, 0.25) is 5.02 Å². The highest BCUT2D eigenvalue weighted by atomic mass is 35.5. The van der Waals surface area contributed by atoms with E-state index in [1.807, 2.05) is 6.07 Å². The van der Waals surface area contributed by atoms with Gasteiger partial charge in [-0.3, -0.25) is 0 Å². The van der Waals surface area contributed by atoms with Crippen molar-refractivity contribution >= 4 is 17.6 Å². The zero-order valence-electron chi connectivity index (χ0n) is 10.1. The van der Waals surface area contributed by atoms with Gasteiger partial charge in [-0.15, -0.1) is 0 Å². The molecule has 0 spiro atoms. The molecule has 0 fully saturated rings. The number of hydrogen-bond acceptors (Lipinski definition) is 3. The minimum atomic E-state index is -1.24. The highest BCUT2D eigenvalue weighted by molar-refractivity contribution is 6.33. The molecule has 0 unspecified atom stereocenters. The summed E-state index contributed by atoms with van der Waals surface area (Å²) in [6, 6.07) is 10.0. The average Bonchev–Trinajstić information content (AvgIpc) is 2.41. The molecule has 2 N–H and O–H groups in total. The van der Waals surface area contributed by atoms with Crippen LogP contribution in [0.4, 0.5) is 0 Å². The van der Waals surface area contributed by atoms with Crippen molar-refractivity contribution < 1.29 is 19.7 Å². The third-order valence-electron chi connectivity index (χ3n) is 2.71. The van der Waals surface area contributed by atoms with Crippen molar-refractivity contribution in [3.05, 3.63) is 47.0 Å². The van der Waals surface area contributed by atoms with E-state index in [1.165, 1.54) is 19.2 Å². The topological polar surface area (TPSA) is 66.8 Å². The van der Waals surface area contributed by atoms with Gasteiger partial charge in [-0.25, -0.2) is 4.79 Å². The molecule has 0 amide bonds. The molecule has 0 aliphatic heterocycles. The molecular formula is C14H11ClO4. The molecule has 2 aromatic rings. The average molecular weight is 279 g/mol. The molecule has 0 aromatic heterocycles. The number of methoxy groups -OCH3 is 1. The molecule has 19 heavy (non-hydrogen) atoms. The Hall–Kier alpha value is -2.20. The highest BCUT2D eigenvalue weighted by Gasteiger charge is 2.16. The Kier molecular flexibility index (Phi) is 3.62. The van der Waals surface area contributed by atoms with E-state index in [4.69, 9.17) is 21.4 Å². The standard InChI is InChI=1S/C14H11ClO4/c1-19-12-5-3-2-4-9(12)8-6-10(14(17)18)13(16)11(15)7-8/h2-7,16H,1H3,(H,17,18). The van der Waals surface area contributed by atoms with Crippen molar-refractivity contribution in [2.45, 2.75) is 0 Å². The van der Waals surface area contributed by atoms with Crippen molar-refractivity contribution in [3.8, 4) is 22.6 Å². The van der Waals surface area contributed by atoms with Gasteiger partial charge in [0.2, 0.25) is 0 Å². The van der Waals surface area contributed by atoms with Gasteiger partial charge < -0.3 is 14.9 Å². The van der Waals surface area contributed by atoms with Crippen LogP contribution in [0.3, 0.4) is 0 Å². The van der Waals surface area contributed by atoms with Gasteiger partial charge in [-0.1, -0.05) is 29.8 Å². The number of aromatic carboxylic acids is 1. The lowest BCUT2D eigenvalue weighted by atomic mass is 10.0. The second-order valence-electron chi connectivity index (χ2n) is 3.86. The first-order chi connectivity index (χ1) is 9.04. The van der Waals surface area contributed by atoms with Crippen LogP contribution < -0.4 is 4.74 Å². The van der Waals surface area contributed by atoms with Gasteiger partial charge in [-0.2, -0.15) is 0 Å². The maximum atomic E-state index is 11.1. The van der Waals surface area contributed by atoms with E-state index in [0.29, 0.717) is 16.9 Å². The Morgan fingerprint density at radius 3 is 2.58 bits per heavy atom. The first kappa shape index (κ1) is 13.2. The van der Waals surface area contributed by atoms with Crippen LogP contribution in [0.5, 0.6) is 11.5 Å². The number of benzene rings is 2. The number of para-hydroxylation sites is 1. The molecule has 0 aliphatic carbocycles. The number of carboxylic acids is 1. The van der Waals surface area contributed by atoms with Crippen molar-refractivity contribution in [1.82, 2.24) is 0 Å². The number of phenols is 1. The summed E-state index contributed by atoms with van der Waals surface area (Å²) in [5, 5.41) is 18.6. The molecule has 0 radical (unpaired) electrons. The maximum absolute atomic E-state index is 11.1. The van der Waals surface area contributed by atoms with Crippen LogP contribution >= 0.6 is 11.6 Å². The van der Waals surface area contributed by atoms with E-state index >= 15 is 0 Å². The van der Waals surface area contributed by atoms with E-state index in [-0.39, 0.29) is 10.6 Å². The second kappa shape index (κ2) is 5.20. The molecule has 0 bridgehead atoms. The van der Waals surface area contributed by atoms with Crippen LogP contribution in [0.25, 0.3) is 11.1 Å². The van der Waals surface area contributed by atoms with E-state index in [9.17, 15) is 9.90 Å². The summed E-state index contributed by atoms with van der Waals surface area (Å²) in [5.74, 6) is -1.08. The summed E-state index contributed by atoms with van der Waals surface area (Å²) in [5.41, 5.74) is 1.03. The highest BCUT2D eigenvalue weighted by Crippen LogP contribution is 2.36. The second-order valence-corrected chi connectivity index (χ2v) is 4.27. The molecule has 0 saturated carbocycles. The van der Waals surface area contributed by atoms with Crippen molar-refractivity contribution in [1.29, 1.82) is 0 Å². The summed E-state index contributed by atoms with van der Waals surface area (Å²) in [6.45, 7) is 0. The summed E-state index contributed by atoms with van der Waals surface area (Å²) >= 11 is 5.85. The van der Waals surface area contributed by atoms with Crippen molar-refractivity contribution in [3.63, 3.8) is 0 Å². The number of carboxylic acid groups (broad SMARTS) is 1. The fraction of sp³-hybridized carbons (Fsp3) is 0.0714. The quantitative estimate of drug-likeness (QED) is 0.903. The van der Waals surface area contributed by atoms with Crippen LogP contribution in [-0.4, -0.2) is 23.3 Å². The molecule has 2 aromatic carbocycles. The Morgan fingerprint density at radius 2 is 1.95 bits per heavy atom. The van der Waals surface area contributed by atoms with Crippen LogP contribution in [-0.2, 0) is 0 Å². The van der Waals surface area contributed by atoms with Crippen LogP contribution in [0, 0.1) is 0 Å². The van der Waals surface area contributed by atoms with Crippen LogP contribution in [0.1, 0.15) is 10.4 Å². The lowest BCUT2D eigenvalue weighted by molar-refractivity contribution is 0.0694. The Morgan fingerprint density at radius 1 is 1.26 bits per heavy atom. The molecular weight excluding hydrogens is 268 g/mol. The molecule has 0 saturated heterocycles. The van der Waals surface area contributed by atoms with E-state index in [0.717, 1.165) is 0 Å². The fourth-order valence-corrected chi connectivity index (χ4v) is 2.02. The number of ether oxygens (including phenoxy) is 1. The van der Waals surface area contributed by atoms with Gasteiger partial charge in [0.05, 0.1) is 12.1 Å². The SMILES string of the molecule is COc1ccccc1-c1cc(Cl)c(O)c(C(=O)O)c1. The molecule has 0 heterocycles. The molecule has 4 nitrogen and oxygen atoms in total. The van der Waals surface area contributed by atoms with E-state index in [2.05, 4.69) is 0 Å². The zero-order valence-corrected chi connectivity index (χ0v) is 10.8. The van der Waals surface area contributed by atoms with Gasteiger partial charge in [0, 0.05) is 5.56 Å². The largest absolute Gasteiger partial charge is 0.505 e. The molecule has 2 rings (SSSR count). The van der Waals surface area contributed by atoms with Gasteiger partial charge in [0.25, 0.3) is 0 Å². The number of rotatable bonds is 3. The predicted molar refractivity (Wildman–Crippen MR) is 72.1 cm³/mol. The summed E-state index contributed by atoms with van der Waals surface area (Å²) < 4.78 is 5.22. The van der Waals surface area contributed by atoms with Gasteiger partial charge >= 0.3 is 5.97 Å². The minimum Gasteiger partial charge on any atom is -0.505 e.